The number of Topliss-reactive ketones (excluding diaryl/α,β-unsaturated/α-hetero) is 1. The third-order valence-electron chi connectivity index (χ3n) is 4.52. The number of benzene rings is 1. The molecule has 1 heterocycles. The Hall–Kier alpha value is -1.64. The van der Waals surface area contributed by atoms with Crippen molar-refractivity contribution in [2.24, 2.45) is 5.92 Å². The number of carbonyl (C=O) groups excluding carboxylic acids is 2. The lowest BCUT2D eigenvalue weighted by Crippen LogP contribution is -2.37. The predicted octanol–water partition coefficient (Wildman–Crippen LogP) is 2.76. The van der Waals surface area contributed by atoms with Crippen molar-refractivity contribution < 1.29 is 9.59 Å². The summed E-state index contributed by atoms with van der Waals surface area (Å²) in [6.45, 7) is 2.44. The molecule has 0 bridgehead atoms. The maximum absolute atomic E-state index is 12.6. The standard InChI is InChI=1S/C17H21NO2/c1-12(19)10-14-8-5-9-18(14)17(20)16-11-15(16)13-6-3-2-4-7-13/h2-4,6-7,14-16H,5,8-11H2,1H3. The van der Waals surface area contributed by atoms with Gasteiger partial charge in [0.25, 0.3) is 0 Å². The Bertz CT molecular complexity index is 511. The zero-order valence-corrected chi connectivity index (χ0v) is 11.9. The molecule has 3 nitrogen and oxygen atoms in total. The molecule has 3 atom stereocenters. The summed E-state index contributed by atoms with van der Waals surface area (Å²) < 4.78 is 0. The molecule has 1 aromatic rings. The lowest BCUT2D eigenvalue weighted by atomic mass is 10.1. The fourth-order valence-corrected chi connectivity index (χ4v) is 3.42. The zero-order chi connectivity index (χ0) is 14.1. The number of carbonyl (C=O) groups is 2. The van der Waals surface area contributed by atoms with Crippen LogP contribution in [0, 0.1) is 5.92 Å². The first-order chi connectivity index (χ1) is 9.66. The van der Waals surface area contributed by atoms with Crippen molar-refractivity contribution >= 4 is 11.7 Å². The Morgan fingerprint density at radius 1 is 1.25 bits per heavy atom. The van der Waals surface area contributed by atoms with Gasteiger partial charge in [-0.15, -0.1) is 0 Å². The van der Waals surface area contributed by atoms with Crippen molar-refractivity contribution in [2.75, 3.05) is 6.54 Å². The number of amides is 1. The highest BCUT2D eigenvalue weighted by molar-refractivity contribution is 5.84. The van der Waals surface area contributed by atoms with E-state index < -0.39 is 0 Å². The summed E-state index contributed by atoms with van der Waals surface area (Å²) in [6.07, 6.45) is 3.50. The highest BCUT2D eigenvalue weighted by atomic mass is 16.2. The van der Waals surface area contributed by atoms with Gasteiger partial charge in [-0.25, -0.2) is 0 Å². The molecule has 1 amide bonds. The fraction of sp³-hybridized carbons (Fsp3) is 0.529. The number of hydrogen-bond acceptors (Lipinski definition) is 2. The second-order valence-corrected chi connectivity index (χ2v) is 6.09. The van der Waals surface area contributed by atoms with Crippen LogP contribution in [0.5, 0.6) is 0 Å². The molecule has 0 N–H and O–H groups in total. The maximum atomic E-state index is 12.6. The number of rotatable bonds is 4. The second kappa shape index (κ2) is 5.39. The largest absolute Gasteiger partial charge is 0.339 e. The van der Waals surface area contributed by atoms with E-state index in [1.54, 1.807) is 6.92 Å². The SMILES string of the molecule is CC(=O)CC1CCCN1C(=O)C1CC1c1ccccc1. The molecule has 3 rings (SSSR count). The first-order valence-electron chi connectivity index (χ1n) is 7.51. The minimum absolute atomic E-state index is 0.143. The van der Waals surface area contributed by atoms with Crippen molar-refractivity contribution in [3.63, 3.8) is 0 Å². The normalized spacial score (nSPS) is 28.4. The summed E-state index contributed by atoms with van der Waals surface area (Å²) in [6, 6.07) is 10.4. The summed E-state index contributed by atoms with van der Waals surface area (Å²) >= 11 is 0. The lowest BCUT2D eigenvalue weighted by Gasteiger charge is -2.24. The highest BCUT2D eigenvalue weighted by Gasteiger charge is 2.47. The van der Waals surface area contributed by atoms with Gasteiger partial charge in [0.1, 0.15) is 5.78 Å². The Balaban J connectivity index is 1.64. The van der Waals surface area contributed by atoms with Gasteiger partial charge in [-0.2, -0.15) is 0 Å². The lowest BCUT2D eigenvalue weighted by molar-refractivity contribution is -0.134. The average molecular weight is 271 g/mol. The van der Waals surface area contributed by atoms with E-state index in [1.165, 1.54) is 5.56 Å². The van der Waals surface area contributed by atoms with Crippen LogP contribution in [-0.2, 0) is 9.59 Å². The average Bonchev–Trinajstić information content (AvgIpc) is 3.12. The van der Waals surface area contributed by atoms with Gasteiger partial charge >= 0.3 is 0 Å². The van der Waals surface area contributed by atoms with E-state index in [0.717, 1.165) is 25.8 Å². The number of ketones is 1. The first-order valence-corrected chi connectivity index (χ1v) is 7.51. The molecule has 1 aliphatic carbocycles. The third kappa shape index (κ3) is 2.62. The smallest absolute Gasteiger partial charge is 0.226 e. The van der Waals surface area contributed by atoms with Crippen LogP contribution < -0.4 is 0 Å². The molecule has 0 spiro atoms. The molecule has 20 heavy (non-hydrogen) atoms. The minimum atomic E-state index is 0.143. The van der Waals surface area contributed by atoms with Gasteiger partial charge in [0.05, 0.1) is 0 Å². The van der Waals surface area contributed by atoms with Crippen LogP contribution in [0.1, 0.15) is 44.1 Å². The van der Waals surface area contributed by atoms with Crippen LogP contribution in [-0.4, -0.2) is 29.2 Å². The van der Waals surface area contributed by atoms with Gasteiger partial charge in [-0.1, -0.05) is 30.3 Å². The Labute approximate surface area is 120 Å². The monoisotopic (exact) mass is 271 g/mol. The molecule has 0 radical (unpaired) electrons. The maximum Gasteiger partial charge on any atom is 0.226 e. The van der Waals surface area contributed by atoms with E-state index in [9.17, 15) is 9.59 Å². The summed E-state index contributed by atoms with van der Waals surface area (Å²) in [5, 5.41) is 0. The van der Waals surface area contributed by atoms with E-state index in [0.29, 0.717) is 12.3 Å². The van der Waals surface area contributed by atoms with Gasteiger partial charge < -0.3 is 4.90 Å². The molecule has 1 saturated carbocycles. The van der Waals surface area contributed by atoms with Crippen LogP contribution in [0.3, 0.4) is 0 Å². The summed E-state index contributed by atoms with van der Waals surface area (Å²) in [7, 11) is 0. The van der Waals surface area contributed by atoms with Gasteiger partial charge in [0.2, 0.25) is 5.91 Å². The number of hydrogen-bond donors (Lipinski definition) is 0. The fourth-order valence-electron chi connectivity index (χ4n) is 3.42. The van der Waals surface area contributed by atoms with Crippen LogP contribution >= 0.6 is 0 Å². The van der Waals surface area contributed by atoms with Crippen molar-refractivity contribution in [3.05, 3.63) is 35.9 Å². The summed E-state index contributed by atoms with van der Waals surface area (Å²) in [5.41, 5.74) is 1.27. The topological polar surface area (TPSA) is 37.4 Å². The Morgan fingerprint density at radius 2 is 2.00 bits per heavy atom. The summed E-state index contributed by atoms with van der Waals surface area (Å²) in [4.78, 5) is 25.9. The van der Waals surface area contributed by atoms with Gasteiger partial charge in [0.15, 0.2) is 0 Å². The van der Waals surface area contributed by atoms with Crippen molar-refractivity contribution in [1.29, 1.82) is 0 Å². The number of nitrogens with zero attached hydrogens (tertiary/aromatic N) is 1. The van der Waals surface area contributed by atoms with Crippen molar-refractivity contribution in [3.8, 4) is 0 Å². The van der Waals surface area contributed by atoms with E-state index >= 15 is 0 Å². The highest BCUT2D eigenvalue weighted by Crippen LogP contribution is 2.49. The molecule has 1 saturated heterocycles. The molecule has 2 fully saturated rings. The minimum Gasteiger partial charge on any atom is -0.339 e. The molecule has 1 aliphatic heterocycles. The second-order valence-electron chi connectivity index (χ2n) is 6.09. The van der Waals surface area contributed by atoms with Gasteiger partial charge in [-0.3, -0.25) is 9.59 Å². The van der Waals surface area contributed by atoms with E-state index in [4.69, 9.17) is 0 Å². The van der Waals surface area contributed by atoms with E-state index in [1.807, 2.05) is 23.1 Å². The Kier molecular flexibility index (Phi) is 3.60. The molecular formula is C17H21NO2. The molecular weight excluding hydrogens is 250 g/mol. The zero-order valence-electron chi connectivity index (χ0n) is 11.9. The summed E-state index contributed by atoms with van der Waals surface area (Å²) in [5.74, 6) is 0.986. The van der Waals surface area contributed by atoms with Gasteiger partial charge in [-0.05, 0) is 37.7 Å². The predicted molar refractivity (Wildman–Crippen MR) is 77.3 cm³/mol. The van der Waals surface area contributed by atoms with Gasteiger partial charge in [0, 0.05) is 24.9 Å². The molecule has 1 aromatic carbocycles. The van der Waals surface area contributed by atoms with Crippen LogP contribution in [0.25, 0.3) is 0 Å². The van der Waals surface area contributed by atoms with Crippen molar-refractivity contribution in [2.45, 2.75) is 44.6 Å². The van der Waals surface area contributed by atoms with Crippen LogP contribution in [0.2, 0.25) is 0 Å². The molecule has 0 aromatic heterocycles. The third-order valence-corrected chi connectivity index (χ3v) is 4.52. The van der Waals surface area contributed by atoms with E-state index in [-0.39, 0.29) is 23.7 Å². The van der Waals surface area contributed by atoms with E-state index in [2.05, 4.69) is 12.1 Å². The molecule has 106 valence electrons. The Morgan fingerprint density at radius 3 is 2.70 bits per heavy atom. The number of likely N-dealkylation sites (tertiary alicyclic amines) is 1. The van der Waals surface area contributed by atoms with Crippen LogP contribution in [0.15, 0.2) is 30.3 Å². The molecule has 2 aliphatic rings. The van der Waals surface area contributed by atoms with Crippen molar-refractivity contribution in [1.82, 2.24) is 4.90 Å². The molecule has 3 unspecified atom stereocenters. The van der Waals surface area contributed by atoms with Crippen LogP contribution in [0.4, 0.5) is 0 Å². The molecule has 3 heteroatoms. The quantitative estimate of drug-likeness (QED) is 0.844. The first kappa shape index (κ1) is 13.3.